The molecule has 0 radical (unpaired) electrons. The monoisotopic (exact) mass is 470 g/mol. The van der Waals surface area contributed by atoms with E-state index in [0.29, 0.717) is 42.7 Å². The van der Waals surface area contributed by atoms with Crippen molar-refractivity contribution in [2.24, 2.45) is 0 Å². The van der Waals surface area contributed by atoms with E-state index in [1.54, 1.807) is 25.3 Å². The van der Waals surface area contributed by atoms with Gasteiger partial charge in [-0.25, -0.2) is 4.98 Å². The van der Waals surface area contributed by atoms with Gasteiger partial charge in [-0.3, -0.25) is 14.5 Å². The van der Waals surface area contributed by atoms with E-state index in [9.17, 15) is 22.8 Å². The molecule has 0 aliphatic carbocycles. The van der Waals surface area contributed by atoms with Gasteiger partial charge < -0.3 is 15.0 Å². The van der Waals surface area contributed by atoms with Crippen LogP contribution in [0, 0.1) is 0 Å². The molecule has 1 aliphatic rings. The molecule has 2 aromatic rings. The number of alkyl halides is 3. The fourth-order valence-corrected chi connectivity index (χ4v) is 4.03. The van der Waals surface area contributed by atoms with Gasteiger partial charge in [-0.2, -0.15) is 13.2 Å². The first-order valence-corrected chi connectivity index (χ1v) is 11.1. The number of halogens is 3. The van der Waals surface area contributed by atoms with Crippen molar-refractivity contribution in [2.75, 3.05) is 42.9 Å². The van der Waals surface area contributed by atoms with E-state index in [-0.39, 0.29) is 30.9 Å². The molecule has 0 atom stereocenters. The Morgan fingerprint density at radius 2 is 1.94 bits per heavy atom. The van der Waals surface area contributed by atoms with Crippen LogP contribution in [0.25, 0.3) is 0 Å². The minimum absolute atomic E-state index is 0.0437. The average Bonchev–Trinajstić information content (AvgIpc) is 3.13. The highest BCUT2D eigenvalue weighted by molar-refractivity contribution is 7.13. The summed E-state index contributed by atoms with van der Waals surface area (Å²) in [5, 5.41) is 4.83. The summed E-state index contributed by atoms with van der Waals surface area (Å²) in [4.78, 5) is 32.1. The number of rotatable bonds is 7. The molecule has 1 saturated heterocycles. The Kier molecular flexibility index (Phi) is 7.73. The molecule has 7 nitrogen and oxygen atoms in total. The van der Waals surface area contributed by atoms with E-state index < -0.39 is 11.7 Å². The van der Waals surface area contributed by atoms with Crippen LogP contribution in [0.2, 0.25) is 0 Å². The fraction of sp³-hybridized carbons (Fsp3) is 0.476. The lowest BCUT2D eigenvalue weighted by atomic mass is 10.1. The molecule has 0 bridgehead atoms. The molecule has 11 heteroatoms. The van der Waals surface area contributed by atoms with Crippen LogP contribution in [0.1, 0.15) is 25.1 Å². The molecule has 1 aromatic carbocycles. The number of hydrogen-bond acceptors (Lipinski definition) is 7. The number of thiazole rings is 1. The Labute approximate surface area is 188 Å². The first kappa shape index (κ1) is 24.0. The number of piperazine rings is 1. The third-order valence-corrected chi connectivity index (χ3v) is 5.58. The summed E-state index contributed by atoms with van der Waals surface area (Å²) in [6.45, 7) is 5.83. The summed E-state index contributed by atoms with van der Waals surface area (Å²) in [6.07, 6.45) is -4.53. The normalized spacial score (nSPS) is 15.1. The topological polar surface area (TPSA) is 74.8 Å². The zero-order valence-electron chi connectivity index (χ0n) is 17.8. The lowest BCUT2D eigenvalue weighted by Gasteiger charge is -2.35. The molecule has 1 amide bonds. The Morgan fingerprint density at radius 1 is 1.22 bits per heavy atom. The van der Waals surface area contributed by atoms with Gasteiger partial charge in [0, 0.05) is 37.2 Å². The van der Waals surface area contributed by atoms with Gasteiger partial charge in [-0.05, 0) is 32.0 Å². The predicted octanol–water partition coefficient (Wildman–Crippen LogP) is 3.42. The first-order chi connectivity index (χ1) is 15.1. The number of benzene rings is 1. The molecular weight excluding hydrogens is 445 g/mol. The fourth-order valence-electron chi connectivity index (χ4n) is 3.30. The van der Waals surface area contributed by atoms with Gasteiger partial charge in [-0.1, -0.05) is 6.07 Å². The number of esters is 1. The van der Waals surface area contributed by atoms with Crippen LogP contribution >= 0.6 is 11.3 Å². The van der Waals surface area contributed by atoms with Gasteiger partial charge in [0.1, 0.15) is 0 Å². The number of nitrogens with zero attached hydrogens (tertiary/aromatic N) is 3. The number of hydrogen-bond donors (Lipinski definition) is 1. The van der Waals surface area contributed by atoms with Crippen LogP contribution in [-0.4, -0.2) is 60.6 Å². The quantitative estimate of drug-likeness (QED) is 0.625. The van der Waals surface area contributed by atoms with Crippen molar-refractivity contribution >= 4 is 34.0 Å². The lowest BCUT2D eigenvalue weighted by Crippen LogP contribution is -2.48. The molecule has 0 saturated carbocycles. The van der Waals surface area contributed by atoms with Gasteiger partial charge in [0.15, 0.2) is 5.13 Å². The van der Waals surface area contributed by atoms with E-state index in [2.05, 4.69) is 10.3 Å². The van der Waals surface area contributed by atoms with Crippen molar-refractivity contribution in [1.82, 2.24) is 9.88 Å². The third-order valence-electron chi connectivity index (χ3n) is 4.77. The maximum absolute atomic E-state index is 12.9. The zero-order chi connectivity index (χ0) is 23.3. The van der Waals surface area contributed by atoms with Crippen molar-refractivity contribution in [2.45, 2.75) is 32.5 Å². The second kappa shape index (κ2) is 10.3. The smallest absolute Gasteiger partial charge is 0.416 e. The highest BCUT2D eigenvalue weighted by atomic mass is 32.1. The largest absolute Gasteiger partial charge is 0.463 e. The molecular formula is C21H25F3N4O3S. The van der Waals surface area contributed by atoms with Crippen molar-refractivity contribution < 1.29 is 27.5 Å². The second-order valence-corrected chi connectivity index (χ2v) is 8.58. The van der Waals surface area contributed by atoms with Gasteiger partial charge in [0.05, 0.1) is 30.3 Å². The second-order valence-electron chi connectivity index (χ2n) is 7.72. The summed E-state index contributed by atoms with van der Waals surface area (Å²) >= 11 is 1.23. The molecule has 1 aromatic heterocycles. The molecule has 32 heavy (non-hydrogen) atoms. The zero-order valence-corrected chi connectivity index (χ0v) is 18.6. The minimum Gasteiger partial charge on any atom is -0.463 e. The van der Waals surface area contributed by atoms with Crippen molar-refractivity contribution in [3.63, 3.8) is 0 Å². The maximum atomic E-state index is 12.9. The molecule has 174 valence electrons. The number of carbonyl (C=O) groups is 2. The Balaban J connectivity index is 1.46. The Morgan fingerprint density at radius 3 is 2.59 bits per heavy atom. The third kappa shape index (κ3) is 6.92. The van der Waals surface area contributed by atoms with Crippen LogP contribution in [0.15, 0.2) is 29.6 Å². The first-order valence-electron chi connectivity index (χ1n) is 10.2. The van der Waals surface area contributed by atoms with E-state index in [1.165, 1.54) is 17.4 Å². The van der Waals surface area contributed by atoms with E-state index >= 15 is 0 Å². The molecule has 1 fully saturated rings. The summed E-state index contributed by atoms with van der Waals surface area (Å²) < 4.78 is 43.9. The summed E-state index contributed by atoms with van der Waals surface area (Å²) in [5.74, 6) is -0.606. The molecule has 2 heterocycles. The van der Waals surface area contributed by atoms with E-state index in [4.69, 9.17) is 4.74 Å². The number of nitrogens with one attached hydrogen (secondary N) is 1. The average molecular weight is 471 g/mol. The molecule has 0 unspecified atom stereocenters. The standard InChI is InChI=1S/C21H25F3N4O3S/c1-14(2)31-19(30)11-16-13-32-20(25-16)26-18(29)12-27-6-8-28(9-7-27)17-5-3-4-15(10-17)21(22,23)24/h3-5,10,13-14H,6-9,11-12H2,1-2H3,(H,25,26,29). The highest BCUT2D eigenvalue weighted by Gasteiger charge is 2.31. The van der Waals surface area contributed by atoms with Gasteiger partial charge in [-0.15, -0.1) is 11.3 Å². The number of aromatic nitrogens is 1. The van der Waals surface area contributed by atoms with Crippen molar-refractivity contribution in [3.8, 4) is 0 Å². The van der Waals surface area contributed by atoms with Crippen LogP contribution in [-0.2, 0) is 26.9 Å². The maximum Gasteiger partial charge on any atom is 0.416 e. The van der Waals surface area contributed by atoms with Gasteiger partial charge in [0.25, 0.3) is 0 Å². The Bertz CT molecular complexity index is 940. The minimum atomic E-state index is -4.37. The number of carbonyl (C=O) groups excluding carboxylic acids is 2. The number of ether oxygens (including phenoxy) is 1. The number of anilines is 2. The van der Waals surface area contributed by atoms with Crippen LogP contribution in [0.5, 0.6) is 0 Å². The molecule has 0 spiro atoms. The highest BCUT2D eigenvalue weighted by Crippen LogP contribution is 2.31. The summed E-state index contributed by atoms with van der Waals surface area (Å²) in [7, 11) is 0. The van der Waals surface area contributed by atoms with Crippen molar-refractivity contribution in [1.29, 1.82) is 0 Å². The van der Waals surface area contributed by atoms with Gasteiger partial charge in [0.2, 0.25) is 5.91 Å². The van der Waals surface area contributed by atoms with Crippen LogP contribution in [0.4, 0.5) is 24.0 Å². The van der Waals surface area contributed by atoms with Gasteiger partial charge >= 0.3 is 12.1 Å². The summed E-state index contributed by atoms with van der Waals surface area (Å²) in [5.41, 5.74) is 0.387. The molecule has 1 N–H and O–H groups in total. The van der Waals surface area contributed by atoms with E-state index in [1.807, 2.05) is 9.80 Å². The Hall–Kier alpha value is -2.66. The SMILES string of the molecule is CC(C)OC(=O)Cc1csc(NC(=O)CN2CCN(c3cccc(C(F)(F)F)c3)CC2)n1. The number of amides is 1. The van der Waals surface area contributed by atoms with Crippen LogP contribution in [0.3, 0.4) is 0 Å². The lowest BCUT2D eigenvalue weighted by molar-refractivity contribution is -0.146. The molecule has 1 aliphatic heterocycles. The van der Waals surface area contributed by atoms with Crippen LogP contribution < -0.4 is 10.2 Å². The summed E-state index contributed by atoms with van der Waals surface area (Å²) in [6, 6.07) is 5.28. The predicted molar refractivity (Wildman–Crippen MR) is 116 cm³/mol. The van der Waals surface area contributed by atoms with E-state index in [0.717, 1.165) is 12.1 Å². The molecule has 3 rings (SSSR count). The van der Waals surface area contributed by atoms with Crippen molar-refractivity contribution in [3.05, 3.63) is 40.9 Å².